The Bertz CT molecular complexity index is 610. The van der Waals surface area contributed by atoms with Gasteiger partial charge >= 0.3 is 0 Å². The predicted octanol–water partition coefficient (Wildman–Crippen LogP) is 5.14. The van der Waals surface area contributed by atoms with Crippen molar-refractivity contribution in [3.8, 4) is 5.75 Å². The Morgan fingerprint density at radius 2 is 1.84 bits per heavy atom. The fraction of sp³-hybridized carbons (Fsp3) is 0.444. The summed E-state index contributed by atoms with van der Waals surface area (Å²) in [5, 5.41) is 2.67. The highest BCUT2D eigenvalue weighted by Gasteiger charge is 2.36. The highest BCUT2D eigenvalue weighted by molar-refractivity contribution is 5.88. The van der Waals surface area contributed by atoms with Crippen molar-refractivity contribution in [2.45, 2.75) is 45.6 Å². The van der Waals surface area contributed by atoms with Crippen molar-refractivity contribution in [3.63, 3.8) is 0 Å². The van der Waals surface area contributed by atoms with Crippen LogP contribution >= 0.6 is 0 Å². The molecule has 1 aliphatic heterocycles. The van der Waals surface area contributed by atoms with Gasteiger partial charge in [-0.25, -0.2) is 0 Å². The van der Waals surface area contributed by atoms with Gasteiger partial charge in [0.2, 0.25) is 0 Å². The SMILES string of the molecule is CC(C)C1CC(C)(C)Oc2ccc3ccccc3c21. The predicted molar refractivity (Wildman–Crippen MR) is 80.9 cm³/mol. The molecule has 1 unspecified atom stereocenters. The Hall–Kier alpha value is -1.50. The van der Waals surface area contributed by atoms with Crippen molar-refractivity contribution in [1.29, 1.82) is 0 Å². The Morgan fingerprint density at radius 3 is 2.58 bits per heavy atom. The number of ether oxygens (including phenoxy) is 1. The second kappa shape index (κ2) is 4.26. The molecule has 0 fully saturated rings. The number of hydrogen-bond donors (Lipinski definition) is 0. The fourth-order valence-corrected chi connectivity index (χ4v) is 3.29. The van der Waals surface area contributed by atoms with Gasteiger partial charge in [-0.15, -0.1) is 0 Å². The van der Waals surface area contributed by atoms with Crippen molar-refractivity contribution in [2.75, 3.05) is 0 Å². The Balaban J connectivity index is 2.27. The van der Waals surface area contributed by atoms with Crippen molar-refractivity contribution in [3.05, 3.63) is 42.0 Å². The monoisotopic (exact) mass is 254 g/mol. The average molecular weight is 254 g/mol. The third-order valence-corrected chi connectivity index (χ3v) is 4.20. The van der Waals surface area contributed by atoms with Gasteiger partial charge in [-0.2, -0.15) is 0 Å². The van der Waals surface area contributed by atoms with Gasteiger partial charge in [0.1, 0.15) is 11.4 Å². The number of rotatable bonds is 1. The van der Waals surface area contributed by atoms with Crippen LogP contribution in [-0.4, -0.2) is 5.60 Å². The zero-order valence-corrected chi connectivity index (χ0v) is 12.2. The molecule has 19 heavy (non-hydrogen) atoms. The minimum Gasteiger partial charge on any atom is -0.488 e. The summed E-state index contributed by atoms with van der Waals surface area (Å²) in [7, 11) is 0. The molecule has 0 aromatic heterocycles. The minimum absolute atomic E-state index is 0.0651. The van der Waals surface area contributed by atoms with Crippen molar-refractivity contribution < 1.29 is 4.74 Å². The zero-order valence-electron chi connectivity index (χ0n) is 12.2. The molecule has 0 bridgehead atoms. The van der Waals surface area contributed by atoms with Crippen molar-refractivity contribution >= 4 is 10.8 Å². The molecular formula is C18H22O. The molecule has 1 nitrogen and oxygen atoms in total. The van der Waals surface area contributed by atoms with Gasteiger partial charge in [-0.05, 0) is 48.9 Å². The topological polar surface area (TPSA) is 9.23 Å². The molecule has 0 aliphatic carbocycles. The fourth-order valence-electron chi connectivity index (χ4n) is 3.29. The van der Waals surface area contributed by atoms with E-state index in [1.54, 1.807) is 0 Å². The molecule has 0 N–H and O–H groups in total. The highest BCUT2D eigenvalue weighted by Crippen LogP contribution is 2.47. The average Bonchev–Trinajstić information content (AvgIpc) is 2.36. The molecule has 100 valence electrons. The van der Waals surface area contributed by atoms with Gasteiger partial charge < -0.3 is 4.74 Å². The summed E-state index contributed by atoms with van der Waals surface area (Å²) in [6.45, 7) is 9.02. The summed E-state index contributed by atoms with van der Waals surface area (Å²) in [6.07, 6.45) is 1.09. The van der Waals surface area contributed by atoms with Gasteiger partial charge in [0.05, 0.1) is 0 Å². The van der Waals surface area contributed by atoms with Crippen molar-refractivity contribution in [2.24, 2.45) is 5.92 Å². The quantitative estimate of drug-likeness (QED) is 0.684. The summed E-state index contributed by atoms with van der Waals surface area (Å²) in [6, 6.07) is 13.0. The van der Waals surface area contributed by atoms with E-state index in [4.69, 9.17) is 4.74 Å². The van der Waals surface area contributed by atoms with Gasteiger partial charge in [-0.1, -0.05) is 44.2 Å². The molecule has 0 saturated carbocycles. The first-order valence-corrected chi connectivity index (χ1v) is 7.18. The third kappa shape index (κ3) is 2.11. The molecule has 0 amide bonds. The van der Waals surface area contributed by atoms with Crippen LogP contribution in [0.25, 0.3) is 10.8 Å². The van der Waals surface area contributed by atoms with E-state index in [2.05, 4.69) is 64.1 Å². The summed E-state index contributed by atoms with van der Waals surface area (Å²) in [4.78, 5) is 0. The van der Waals surface area contributed by atoms with Crippen LogP contribution in [-0.2, 0) is 0 Å². The van der Waals surface area contributed by atoms with E-state index >= 15 is 0 Å². The molecule has 1 heterocycles. The van der Waals surface area contributed by atoms with E-state index in [0.717, 1.165) is 12.2 Å². The molecule has 1 heteroatoms. The van der Waals surface area contributed by atoms with Crippen LogP contribution < -0.4 is 4.74 Å². The van der Waals surface area contributed by atoms with E-state index in [-0.39, 0.29) is 5.60 Å². The van der Waals surface area contributed by atoms with Crippen LogP contribution in [0.3, 0.4) is 0 Å². The Kier molecular flexibility index (Phi) is 2.81. The number of benzene rings is 2. The van der Waals surface area contributed by atoms with Crippen LogP contribution in [0.15, 0.2) is 36.4 Å². The highest BCUT2D eigenvalue weighted by atomic mass is 16.5. The molecule has 0 saturated heterocycles. The van der Waals surface area contributed by atoms with E-state index in [0.29, 0.717) is 11.8 Å². The van der Waals surface area contributed by atoms with Gasteiger partial charge in [0.15, 0.2) is 0 Å². The van der Waals surface area contributed by atoms with Crippen LogP contribution in [0.5, 0.6) is 5.75 Å². The van der Waals surface area contributed by atoms with Gasteiger partial charge in [0, 0.05) is 5.56 Å². The first-order chi connectivity index (χ1) is 8.98. The molecule has 2 aromatic rings. The van der Waals surface area contributed by atoms with Crippen LogP contribution in [0, 0.1) is 5.92 Å². The normalized spacial score (nSPS) is 21.2. The smallest absolute Gasteiger partial charge is 0.124 e. The summed E-state index contributed by atoms with van der Waals surface area (Å²) < 4.78 is 6.21. The van der Waals surface area contributed by atoms with Crippen LogP contribution in [0.2, 0.25) is 0 Å². The lowest BCUT2D eigenvalue weighted by atomic mass is 9.76. The van der Waals surface area contributed by atoms with E-state index < -0.39 is 0 Å². The maximum Gasteiger partial charge on any atom is 0.124 e. The van der Waals surface area contributed by atoms with Gasteiger partial charge in [-0.3, -0.25) is 0 Å². The largest absolute Gasteiger partial charge is 0.488 e. The van der Waals surface area contributed by atoms with Gasteiger partial charge in [0.25, 0.3) is 0 Å². The lowest BCUT2D eigenvalue weighted by Gasteiger charge is -2.40. The zero-order chi connectivity index (χ0) is 13.6. The Morgan fingerprint density at radius 1 is 1.11 bits per heavy atom. The van der Waals surface area contributed by atoms with Crippen LogP contribution in [0.4, 0.5) is 0 Å². The summed E-state index contributed by atoms with van der Waals surface area (Å²) >= 11 is 0. The second-order valence-electron chi connectivity index (χ2n) is 6.61. The molecule has 2 aromatic carbocycles. The standard InChI is InChI=1S/C18H22O/c1-12(2)15-11-18(3,4)19-16-10-9-13-7-5-6-8-14(13)17(15)16/h5-10,12,15H,11H2,1-4H3. The molecule has 0 spiro atoms. The summed E-state index contributed by atoms with van der Waals surface area (Å²) in [5.74, 6) is 2.28. The molecular weight excluding hydrogens is 232 g/mol. The summed E-state index contributed by atoms with van der Waals surface area (Å²) in [5.41, 5.74) is 1.34. The van der Waals surface area contributed by atoms with E-state index in [9.17, 15) is 0 Å². The molecule has 1 atom stereocenters. The molecule has 3 rings (SSSR count). The maximum atomic E-state index is 6.21. The number of hydrogen-bond acceptors (Lipinski definition) is 1. The third-order valence-electron chi connectivity index (χ3n) is 4.20. The molecule has 1 aliphatic rings. The first-order valence-electron chi connectivity index (χ1n) is 7.18. The van der Waals surface area contributed by atoms with Crippen molar-refractivity contribution in [1.82, 2.24) is 0 Å². The number of fused-ring (bicyclic) bond motifs is 3. The molecule has 0 radical (unpaired) electrons. The second-order valence-corrected chi connectivity index (χ2v) is 6.61. The maximum absolute atomic E-state index is 6.21. The lowest BCUT2D eigenvalue weighted by molar-refractivity contribution is 0.0648. The van der Waals surface area contributed by atoms with Crippen LogP contribution in [0.1, 0.15) is 45.6 Å². The van der Waals surface area contributed by atoms with E-state index in [1.807, 2.05) is 0 Å². The van der Waals surface area contributed by atoms with E-state index in [1.165, 1.54) is 16.3 Å². The Labute approximate surface area is 115 Å². The first kappa shape index (κ1) is 12.5. The minimum atomic E-state index is -0.0651. The lowest BCUT2D eigenvalue weighted by Crippen LogP contribution is -2.36.